The summed E-state index contributed by atoms with van der Waals surface area (Å²) in [6.45, 7) is 0. The van der Waals surface area contributed by atoms with Gasteiger partial charge >= 0.3 is 0 Å². The normalized spacial score (nSPS) is 11.2. The van der Waals surface area contributed by atoms with Gasteiger partial charge < -0.3 is 0 Å². The Kier molecular flexibility index (Phi) is 2.60. The predicted octanol–water partition coefficient (Wildman–Crippen LogP) is 2.82. The number of rotatable bonds is 2. The lowest BCUT2D eigenvalue weighted by Gasteiger charge is -2.03. The smallest absolute Gasteiger partial charge is 0.140 e. The van der Waals surface area contributed by atoms with E-state index in [2.05, 4.69) is 51.0 Å². The first-order chi connectivity index (χ1) is 9.88. The van der Waals surface area contributed by atoms with Gasteiger partial charge in [-0.25, -0.2) is 0 Å². The van der Waals surface area contributed by atoms with Gasteiger partial charge in [0.2, 0.25) is 0 Å². The van der Waals surface area contributed by atoms with Crippen LogP contribution in [0, 0.1) is 0 Å². The minimum Gasteiger partial charge on any atom is -0.140 e. The average Bonchev–Trinajstić information content (AvgIpc) is 2.95. The van der Waals surface area contributed by atoms with E-state index < -0.39 is 0 Å². The van der Waals surface area contributed by atoms with Crippen molar-refractivity contribution in [3.05, 3.63) is 54.6 Å². The van der Waals surface area contributed by atoms with Gasteiger partial charge in [0.1, 0.15) is 5.03 Å². The monoisotopic (exact) mass is 279 g/mol. The maximum absolute atomic E-state index is 4.35. The molecule has 2 heterocycles. The molecule has 2 aromatic carbocycles. The van der Waals surface area contributed by atoms with Crippen molar-refractivity contribution in [2.24, 2.45) is 0 Å². The Hall–Kier alpha value is -2.47. The van der Waals surface area contributed by atoms with Crippen LogP contribution >= 0.6 is 11.8 Å². The molecule has 0 fully saturated rings. The molecule has 4 rings (SSSR count). The van der Waals surface area contributed by atoms with Crippen molar-refractivity contribution in [3.63, 3.8) is 0 Å². The molecule has 0 saturated heterocycles. The minimum absolute atomic E-state index is 0.646. The van der Waals surface area contributed by atoms with E-state index in [4.69, 9.17) is 0 Å². The topological polar surface area (TPSA) is 56.0 Å². The Morgan fingerprint density at radius 1 is 0.900 bits per heavy atom. The Bertz CT molecular complexity index is 902. The molecule has 2 aromatic heterocycles. The molecular weight excluding hydrogens is 270 g/mol. The van der Waals surface area contributed by atoms with Crippen LogP contribution in [-0.2, 0) is 0 Å². The van der Waals surface area contributed by atoms with Crippen LogP contribution in [-0.4, -0.2) is 25.3 Å². The van der Waals surface area contributed by atoms with Crippen LogP contribution in [0.3, 0.4) is 0 Å². The van der Waals surface area contributed by atoms with Crippen molar-refractivity contribution >= 4 is 28.2 Å². The maximum atomic E-state index is 4.35. The minimum atomic E-state index is 0.646. The molecule has 0 aliphatic carbocycles. The highest BCUT2D eigenvalue weighted by molar-refractivity contribution is 7.99. The molecule has 4 aromatic rings. The highest BCUT2D eigenvalue weighted by atomic mass is 32.2. The first-order valence-electron chi connectivity index (χ1n) is 6.11. The van der Waals surface area contributed by atoms with Gasteiger partial charge in [0.25, 0.3) is 0 Å². The summed E-state index contributed by atoms with van der Waals surface area (Å²) in [6, 6.07) is 18.5. The Morgan fingerprint density at radius 3 is 2.75 bits per heavy atom. The largest absolute Gasteiger partial charge is 0.200 e. The first kappa shape index (κ1) is 11.4. The van der Waals surface area contributed by atoms with Crippen LogP contribution in [0.4, 0.5) is 0 Å². The van der Waals surface area contributed by atoms with Gasteiger partial charge in [-0.05, 0) is 45.5 Å². The van der Waals surface area contributed by atoms with E-state index in [9.17, 15) is 0 Å². The summed E-state index contributed by atoms with van der Waals surface area (Å²) in [6.07, 6.45) is 0. The van der Waals surface area contributed by atoms with Crippen molar-refractivity contribution in [2.45, 2.75) is 9.92 Å². The highest BCUT2D eigenvalue weighted by Crippen LogP contribution is 2.28. The molecule has 0 unspecified atom stereocenters. The molecule has 0 aliphatic heterocycles. The van der Waals surface area contributed by atoms with Gasteiger partial charge in [-0.15, -0.1) is 14.8 Å². The Morgan fingerprint density at radius 2 is 1.80 bits per heavy atom. The number of fused-ring (bicyclic) bond motifs is 2. The number of hydrogen-bond acceptors (Lipinski definition) is 5. The van der Waals surface area contributed by atoms with Gasteiger partial charge in [0.05, 0.1) is 0 Å². The molecule has 0 atom stereocenters. The summed E-state index contributed by atoms with van der Waals surface area (Å²) in [5.74, 6) is 0. The fourth-order valence-corrected chi connectivity index (χ4v) is 2.86. The van der Waals surface area contributed by atoms with Crippen molar-refractivity contribution in [3.8, 4) is 0 Å². The van der Waals surface area contributed by atoms with E-state index in [0.717, 1.165) is 9.92 Å². The van der Waals surface area contributed by atoms with Crippen LogP contribution in [0.5, 0.6) is 0 Å². The molecule has 0 bridgehead atoms. The Balaban J connectivity index is 1.72. The average molecular weight is 279 g/mol. The molecule has 20 heavy (non-hydrogen) atoms. The molecule has 0 radical (unpaired) electrons. The van der Waals surface area contributed by atoms with E-state index in [0.29, 0.717) is 5.65 Å². The number of tetrazole rings is 1. The molecule has 0 spiro atoms. The quantitative estimate of drug-likeness (QED) is 0.564. The van der Waals surface area contributed by atoms with Crippen molar-refractivity contribution < 1.29 is 0 Å². The van der Waals surface area contributed by atoms with E-state index in [1.54, 1.807) is 11.8 Å². The second-order valence-electron chi connectivity index (χ2n) is 4.31. The molecule has 5 nitrogen and oxygen atoms in total. The predicted molar refractivity (Wildman–Crippen MR) is 76.6 cm³/mol. The van der Waals surface area contributed by atoms with Crippen LogP contribution < -0.4 is 0 Å². The van der Waals surface area contributed by atoms with Crippen molar-refractivity contribution in [1.29, 1.82) is 0 Å². The second kappa shape index (κ2) is 4.57. The first-order valence-corrected chi connectivity index (χ1v) is 6.92. The number of benzene rings is 2. The fourth-order valence-electron chi connectivity index (χ4n) is 2.04. The van der Waals surface area contributed by atoms with E-state index in [1.807, 2.05) is 24.3 Å². The summed E-state index contributed by atoms with van der Waals surface area (Å²) >= 11 is 1.59. The van der Waals surface area contributed by atoms with Gasteiger partial charge in [-0.2, -0.15) is 0 Å². The summed E-state index contributed by atoms with van der Waals surface area (Å²) in [7, 11) is 0. The fraction of sp³-hybridized carbons (Fsp3) is 0. The lowest BCUT2D eigenvalue weighted by atomic mass is 10.1. The van der Waals surface area contributed by atoms with Gasteiger partial charge in [-0.3, -0.25) is 0 Å². The summed E-state index contributed by atoms with van der Waals surface area (Å²) in [5, 5.41) is 18.9. The zero-order chi connectivity index (χ0) is 13.4. The zero-order valence-electron chi connectivity index (χ0n) is 10.3. The standard InChI is InChI=1S/C14H9N5S/c1-2-4-11-9-12(6-5-10(11)3-1)20-14-8-7-13-15-17-18-19(13)16-14/h1-9H. The third-order valence-corrected chi connectivity index (χ3v) is 3.90. The van der Waals surface area contributed by atoms with Crippen molar-refractivity contribution in [2.75, 3.05) is 0 Å². The number of aromatic nitrogens is 5. The van der Waals surface area contributed by atoms with Crippen molar-refractivity contribution in [1.82, 2.24) is 25.3 Å². The van der Waals surface area contributed by atoms with Crippen LogP contribution in [0.1, 0.15) is 0 Å². The lowest BCUT2D eigenvalue weighted by molar-refractivity contribution is 0.702. The molecule has 0 N–H and O–H groups in total. The molecular formula is C14H9N5S. The van der Waals surface area contributed by atoms with E-state index in [-0.39, 0.29) is 0 Å². The zero-order valence-corrected chi connectivity index (χ0v) is 11.2. The van der Waals surface area contributed by atoms with Gasteiger partial charge in [0.15, 0.2) is 5.65 Å². The number of nitrogens with zero attached hydrogens (tertiary/aromatic N) is 5. The molecule has 0 saturated carbocycles. The summed E-state index contributed by atoms with van der Waals surface area (Å²) in [5.41, 5.74) is 0.646. The van der Waals surface area contributed by atoms with Gasteiger partial charge in [0, 0.05) is 4.90 Å². The molecule has 0 amide bonds. The lowest BCUT2D eigenvalue weighted by Crippen LogP contribution is -1.95. The summed E-state index contributed by atoms with van der Waals surface area (Å²) < 4.78 is 1.43. The Labute approximate surface area is 118 Å². The third-order valence-electron chi connectivity index (χ3n) is 2.99. The maximum Gasteiger partial charge on any atom is 0.200 e. The van der Waals surface area contributed by atoms with Crippen LogP contribution in [0.2, 0.25) is 0 Å². The van der Waals surface area contributed by atoms with Crippen LogP contribution in [0.25, 0.3) is 16.4 Å². The highest BCUT2D eigenvalue weighted by Gasteiger charge is 2.03. The number of hydrogen-bond donors (Lipinski definition) is 0. The summed E-state index contributed by atoms with van der Waals surface area (Å²) in [4.78, 5) is 1.14. The molecule has 96 valence electrons. The van der Waals surface area contributed by atoms with E-state index >= 15 is 0 Å². The van der Waals surface area contributed by atoms with Crippen LogP contribution in [0.15, 0.2) is 64.5 Å². The van der Waals surface area contributed by atoms with Gasteiger partial charge in [-0.1, -0.05) is 42.1 Å². The van der Waals surface area contributed by atoms with E-state index in [1.165, 1.54) is 15.4 Å². The molecule has 6 heteroatoms. The SMILES string of the molecule is c1ccc2cc(Sc3ccc4nnnn4n3)ccc2c1. The molecule has 0 aliphatic rings. The third kappa shape index (κ3) is 2.00. The second-order valence-corrected chi connectivity index (χ2v) is 5.40.